The Morgan fingerprint density at radius 2 is 1.50 bits per heavy atom. The van der Waals surface area contributed by atoms with Crippen molar-refractivity contribution in [3.05, 3.63) is 102 Å². The highest BCUT2D eigenvalue weighted by Crippen LogP contribution is 2.43. The SMILES string of the molecule is O=C(Oc1ccccc1)N(Cc1ccccc1F)CC1C2CCC1CN(Cc1ccccc1)C2. The monoisotopic (exact) mass is 458 g/mol. The number of carbonyl (C=O) groups is 1. The Balaban J connectivity index is 1.30. The van der Waals surface area contributed by atoms with Gasteiger partial charge in [0.25, 0.3) is 0 Å². The lowest BCUT2D eigenvalue weighted by atomic mass is 9.84. The highest BCUT2D eigenvalue weighted by atomic mass is 19.1. The number of nitrogens with zero attached hydrogens (tertiary/aromatic N) is 2. The Bertz CT molecular complexity index is 1080. The second-order valence-electron chi connectivity index (χ2n) is 9.59. The molecule has 2 atom stereocenters. The van der Waals surface area contributed by atoms with Crippen LogP contribution in [0.2, 0.25) is 0 Å². The van der Waals surface area contributed by atoms with Gasteiger partial charge in [0.2, 0.25) is 0 Å². The van der Waals surface area contributed by atoms with E-state index in [1.54, 1.807) is 29.2 Å². The van der Waals surface area contributed by atoms with Gasteiger partial charge in [0.15, 0.2) is 0 Å². The predicted octanol–water partition coefficient (Wildman–Crippen LogP) is 5.98. The van der Waals surface area contributed by atoms with Gasteiger partial charge in [-0.3, -0.25) is 4.90 Å². The highest BCUT2D eigenvalue weighted by molar-refractivity contribution is 5.70. The number of carbonyl (C=O) groups excluding carboxylic acids is 1. The first-order valence-electron chi connectivity index (χ1n) is 12.2. The Hall–Kier alpha value is -3.18. The van der Waals surface area contributed by atoms with Crippen molar-refractivity contribution in [3.8, 4) is 5.75 Å². The minimum Gasteiger partial charge on any atom is -0.410 e. The molecule has 1 aliphatic carbocycles. The molecule has 1 heterocycles. The summed E-state index contributed by atoms with van der Waals surface area (Å²) >= 11 is 0. The number of fused-ring (bicyclic) bond motifs is 2. The van der Waals surface area contributed by atoms with Gasteiger partial charge in [-0.05, 0) is 54.4 Å². The normalized spacial score (nSPS) is 21.9. The Morgan fingerprint density at radius 3 is 2.18 bits per heavy atom. The van der Waals surface area contributed by atoms with Gasteiger partial charge >= 0.3 is 6.09 Å². The fourth-order valence-corrected chi connectivity index (χ4v) is 5.65. The second kappa shape index (κ2) is 10.4. The zero-order valence-electron chi connectivity index (χ0n) is 19.4. The molecule has 2 bridgehead atoms. The molecule has 5 heteroatoms. The number of hydrogen-bond donors (Lipinski definition) is 0. The van der Waals surface area contributed by atoms with Gasteiger partial charge in [0.05, 0.1) is 6.54 Å². The molecule has 0 aromatic heterocycles. The van der Waals surface area contributed by atoms with Gasteiger partial charge in [-0.2, -0.15) is 0 Å². The van der Waals surface area contributed by atoms with Gasteiger partial charge in [0, 0.05) is 31.7 Å². The van der Waals surface area contributed by atoms with Crippen LogP contribution in [0.25, 0.3) is 0 Å². The Kier molecular flexibility index (Phi) is 6.91. The van der Waals surface area contributed by atoms with E-state index in [9.17, 15) is 9.18 Å². The van der Waals surface area contributed by atoms with Crippen LogP contribution in [0.1, 0.15) is 24.0 Å². The lowest BCUT2D eigenvalue weighted by Gasteiger charge is -2.40. The second-order valence-corrected chi connectivity index (χ2v) is 9.59. The first kappa shape index (κ1) is 22.6. The average Bonchev–Trinajstić information content (AvgIpc) is 3.08. The summed E-state index contributed by atoms with van der Waals surface area (Å²) in [7, 11) is 0. The molecule has 1 aliphatic heterocycles. The van der Waals surface area contributed by atoms with Gasteiger partial charge < -0.3 is 9.64 Å². The molecule has 3 aromatic carbocycles. The molecule has 4 nitrogen and oxygen atoms in total. The number of benzene rings is 3. The van der Waals surface area contributed by atoms with E-state index >= 15 is 0 Å². The van der Waals surface area contributed by atoms with Crippen LogP contribution >= 0.6 is 0 Å². The van der Waals surface area contributed by atoms with Crippen molar-refractivity contribution in [3.63, 3.8) is 0 Å². The molecule has 1 saturated heterocycles. The van der Waals surface area contributed by atoms with Crippen molar-refractivity contribution >= 4 is 6.09 Å². The molecule has 1 saturated carbocycles. The molecule has 5 rings (SSSR count). The molecule has 1 amide bonds. The maximum Gasteiger partial charge on any atom is 0.415 e. The van der Waals surface area contributed by atoms with E-state index in [1.165, 1.54) is 24.5 Å². The molecule has 0 spiro atoms. The first-order valence-corrected chi connectivity index (χ1v) is 12.2. The number of amides is 1. The van der Waals surface area contributed by atoms with Gasteiger partial charge in [-0.15, -0.1) is 0 Å². The Labute approximate surface area is 201 Å². The van der Waals surface area contributed by atoms with E-state index in [2.05, 4.69) is 35.2 Å². The summed E-state index contributed by atoms with van der Waals surface area (Å²) in [6.45, 7) is 3.85. The quantitative estimate of drug-likeness (QED) is 0.436. The van der Waals surface area contributed by atoms with E-state index in [4.69, 9.17) is 4.74 Å². The van der Waals surface area contributed by atoms with Gasteiger partial charge in [0.1, 0.15) is 11.6 Å². The summed E-state index contributed by atoms with van der Waals surface area (Å²) < 4.78 is 20.1. The molecular weight excluding hydrogens is 427 g/mol. The van der Waals surface area contributed by atoms with Crippen molar-refractivity contribution in [1.82, 2.24) is 9.80 Å². The van der Waals surface area contributed by atoms with E-state index in [1.807, 2.05) is 24.3 Å². The first-order chi connectivity index (χ1) is 16.7. The summed E-state index contributed by atoms with van der Waals surface area (Å²) in [6, 6.07) is 26.4. The van der Waals surface area contributed by atoms with Gasteiger partial charge in [-0.1, -0.05) is 66.7 Å². The van der Waals surface area contributed by atoms with Gasteiger partial charge in [-0.25, -0.2) is 9.18 Å². The number of halogens is 1. The highest BCUT2D eigenvalue weighted by Gasteiger charge is 2.43. The number of para-hydroxylation sites is 1. The minimum atomic E-state index is -0.416. The predicted molar refractivity (Wildman–Crippen MR) is 131 cm³/mol. The van der Waals surface area contributed by atoms with Crippen LogP contribution in [0.4, 0.5) is 9.18 Å². The summed E-state index contributed by atoms with van der Waals surface area (Å²) in [4.78, 5) is 17.5. The van der Waals surface area contributed by atoms with Crippen molar-refractivity contribution in [1.29, 1.82) is 0 Å². The molecule has 2 aliphatic rings. The summed E-state index contributed by atoms with van der Waals surface area (Å²) in [6.07, 6.45) is 1.95. The minimum absolute atomic E-state index is 0.210. The van der Waals surface area contributed by atoms with Crippen LogP contribution in [0.15, 0.2) is 84.9 Å². The lowest BCUT2D eigenvalue weighted by Crippen LogP contribution is -2.47. The van der Waals surface area contributed by atoms with E-state index < -0.39 is 6.09 Å². The smallest absolute Gasteiger partial charge is 0.410 e. The van der Waals surface area contributed by atoms with Crippen molar-refractivity contribution in [2.75, 3.05) is 19.6 Å². The van der Waals surface area contributed by atoms with Crippen LogP contribution in [0.3, 0.4) is 0 Å². The molecule has 2 fully saturated rings. The molecular formula is C29H31FN2O2. The molecule has 3 aromatic rings. The van der Waals surface area contributed by atoms with Crippen LogP contribution in [-0.4, -0.2) is 35.5 Å². The fraction of sp³-hybridized carbons (Fsp3) is 0.345. The number of hydrogen-bond acceptors (Lipinski definition) is 3. The third-order valence-corrected chi connectivity index (χ3v) is 7.31. The molecule has 0 N–H and O–H groups in total. The van der Waals surface area contributed by atoms with Crippen molar-refractivity contribution in [2.45, 2.75) is 25.9 Å². The number of piperidine rings is 1. The average molecular weight is 459 g/mol. The van der Waals surface area contributed by atoms with Crippen LogP contribution < -0.4 is 4.74 Å². The van der Waals surface area contributed by atoms with E-state index in [0.717, 1.165) is 19.6 Å². The fourth-order valence-electron chi connectivity index (χ4n) is 5.65. The summed E-state index contributed by atoms with van der Waals surface area (Å²) in [5, 5.41) is 0. The Morgan fingerprint density at radius 1 is 0.882 bits per heavy atom. The summed E-state index contributed by atoms with van der Waals surface area (Å²) in [5.74, 6) is 1.69. The van der Waals surface area contributed by atoms with Crippen LogP contribution in [0.5, 0.6) is 5.75 Å². The topological polar surface area (TPSA) is 32.8 Å². The molecule has 176 valence electrons. The number of rotatable bonds is 7. The van der Waals surface area contributed by atoms with Crippen LogP contribution in [-0.2, 0) is 13.1 Å². The lowest BCUT2D eigenvalue weighted by molar-refractivity contribution is 0.0708. The standard InChI is InChI=1S/C29H31FN2O2/c30-28-14-8-7-11-25(28)20-32(29(33)34-26-12-5-2-6-13-26)21-27-23-15-16-24(27)19-31(18-23)17-22-9-3-1-4-10-22/h1-14,23-24,27H,15-21H2. The van der Waals surface area contributed by atoms with Crippen molar-refractivity contribution < 1.29 is 13.9 Å². The molecule has 34 heavy (non-hydrogen) atoms. The number of likely N-dealkylation sites (tertiary alicyclic amines) is 1. The maximum absolute atomic E-state index is 14.5. The zero-order chi connectivity index (χ0) is 23.3. The summed E-state index contributed by atoms with van der Waals surface area (Å²) in [5.41, 5.74) is 1.86. The molecule has 0 radical (unpaired) electrons. The zero-order valence-corrected chi connectivity index (χ0v) is 19.4. The van der Waals surface area contributed by atoms with Crippen LogP contribution in [0, 0.1) is 23.6 Å². The third-order valence-electron chi connectivity index (χ3n) is 7.31. The van der Waals surface area contributed by atoms with Crippen molar-refractivity contribution in [2.24, 2.45) is 17.8 Å². The maximum atomic E-state index is 14.5. The molecule has 2 unspecified atom stereocenters. The van der Waals surface area contributed by atoms with E-state index in [0.29, 0.717) is 35.6 Å². The number of ether oxygens (including phenoxy) is 1. The third kappa shape index (κ3) is 5.31. The van der Waals surface area contributed by atoms with E-state index in [-0.39, 0.29) is 12.4 Å². The largest absolute Gasteiger partial charge is 0.415 e.